The third kappa shape index (κ3) is 1.45. The first-order chi connectivity index (χ1) is 6.87. The number of benzene rings is 1. The molecular weight excluding hydrogens is 220 g/mol. The van der Waals surface area contributed by atoms with Gasteiger partial charge in [0.2, 0.25) is 0 Å². The molecule has 1 fully saturated rings. The molecule has 1 aromatic carbocycles. The molecule has 0 aliphatic heterocycles. The second kappa shape index (κ2) is 3.16. The minimum Gasteiger partial charge on any atom is -0.327 e. The maximum Gasteiger partial charge on any atom is 0.148 e. The summed E-state index contributed by atoms with van der Waals surface area (Å²) < 4.78 is 26.6. The van der Waals surface area contributed by atoms with Crippen molar-refractivity contribution >= 4 is 11.6 Å². The van der Waals surface area contributed by atoms with Crippen molar-refractivity contribution < 1.29 is 8.78 Å². The zero-order valence-electron chi connectivity index (χ0n) is 8.52. The highest BCUT2D eigenvalue weighted by Crippen LogP contribution is 2.58. The largest absolute Gasteiger partial charge is 0.327 e. The fraction of sp³-hybridized carbons (Fsp3) is 0.455. The van der Waals surface area contributed by atoms with E-state index >= 15 is 0 Å². The summed E-state index contributed by atoms with van der Waals surface area (Å²) in [5, 5.41) is -0.442. The summed E-state index contributed by atoms with van der Waals surface area (Å²) in [5.41, 5.74) is 6.11. The quantitative estimate of drug-likeness (QED) is 0.739. The normalized spacial score (nSPS) is 27.9. The molecule has 15 heavy (non-hydrogen) atoms. The summed E-state index contributed by atoms with van der Waals surface area (Å²) in [4.78, 5) is 0. The SMILES string of the molecule is CC1(C)C(N)C1c1ccc(F)c(Cl)c1F. The smallest absolute Gasteiger partial charge is 0.148 e. The molecule has 0 spiro atoms. The summed E-state index contributed by atoms with van der Waals surface area (Å²) in [6, 6.07) is 2.52. The fourth-order valence-electron chi connectivity index (χ4n) is 2.05. The van der Waals surface area contributed by atoms with Gasteiger partial charge in [0.1, 0.15) is 16.7 Å². The minimum atomic E-state index is -0.732. The van der Waals surface area contributed by atoms with Crippen molar-refractivity contribution in [2.24, 2.45) is 11.1 Å². The lowest BCUT2D eigenvalue weighted by Crippen LogP contribution is -2.06. The van der Waals surface area contributed by atoms with Gasteiger partial charge in [0.05, 0.1) is 0 Å². The first kappa shape index (κ1) is 10.8. The molecule has 2 atom stereocenters. The van der Waals surface area contributed by atoms with Crippen LogP contribution in [0.3, 0.4) is 0 Å². The summed E-state index contributed by atoms with van der Waals surface area (Å²) >= 11 is 5.50. The highest BCUT2D eigenvalue weighted by molar-refractivity contribution is 6.31. The lowest BCUT2D eigenvalue weighted by atomic mass is 10.0. The van der Waals surface area contributed by atoms with Gasteiger partial charge in [-0.3, -0.25) is 0 Å². The summed E-state index contributed by atoms with van der Waals surface area (Å²) in [7, 11) is 0. The van der Waals surface area contributed by atoms with Gasteiger partial charge in [0, 0.05) is 12.0 Å². The maximum absolute atomic E-state index is 13.6. The van der Waals surface area contributed by atoms with Crippen LogP contribution < -0.4 is 5.73 Å². The number of halogens is 3. The first-order valence-electron chi connectivity index (χ1n) is 4.76. The number of nitrogens with two attached hydrogens (primary N) is 1. The van der Waals surface area contributed by atoms with Gasteiger partial charge in [0.15, 0.2) is 0 Å². The van der Waals surface area contributed by atoms with Crippen molar-refractivity contribution in [3.05, 3.63) is 34.4 Å². The lowest BCUT2D eigenvalue weighted by Gasteiger charge is -2.06. The van der Waals surface area contributed by atoms with E-state index in [4.69, 9.17) is 17.3 Å². The van der Waals surface area contributed by atoms with Crippen LogP contribution in [0.25, 0.3) is 0 Å². The predicted octanol–water partition coefficient (Wildman–Crippen LogP) is 3.07. The van der Waals surface area contributed by atoms with E-state index in [1.165, 1.54) is 12.1 Å². The van der Waals surface area contributed by atoms with Gasteiger partial charge in [-0.2, -0.15) is 0 Å². The van der Waals surface area contributed by atoms with Crippen LogP contribution in [0.4, 0.5) is 8.78 Å². The molecule has 1 aliphatic rings. The Morgan fingerprint density at radius 2 is 1.87 bits per heavy atom. The van der Waals surface area contributed by atoms with Crippen molar-refractivity contribution in [2.75, 3.05) is 0 Å². The van der Waals surface area contributed by atoms with Crippen LogP contribution in [0.5, 0.6) is 0 Å². The zero-order chi connectivity index (χ0) is 11.4. The van der Waals surface area contributed by atoms with E-state index in [9.17, 15) is 8.78 Å². The minimum absolute atomic E-state index is 0.0735. The maximum atomic E-state index is 13.6. The fourth-order valence-corrected chi connectivity index (χ4v) is 2.22. The van der Waals surface area contributed by atoms with Gasteiger partial charge in [-0.05, 0) is 17.0 Å². The third-order valence-electron chi connectivity index (χ3n) is 3.31. The standard InChI is InChI=1S/C11H12ClF2N/c1-11(2)7(10(11)15)5-3-4-6(13)8(12)9(5)14/h3-4,7,10H,15H2,1-2H3. The summed E-state index contributed by atoms with van der Waals surface area (Å²) in [5.74, 6) is -1.48. The van der Waals surface area contributed by atoms with E-state index in [-0.39, 0.29) is 17.4 Å². The zero-order valence-corrected chi connectivity index (χ0v) is 9.28. The molecule has 0 saturated heterocycles. The van der Waals surface area contributed by atoms with Crippen LogP contribution >= 0.6 is 11.6 Å². The summed E-state index contributed by atoms with van der Waals surface area (Å²) in [6.45, 7) is 3.91. The molecule has 4 heteroatoms. The Morgan fingerprint density at radius 3 is 2.33 bits per heavy atom. The molecule has 2 rings (SSSR count). The number of hydrogen-bond donors (Lipinski definition) is 1. The Balaban J connectivity index is 2.44. The molecule has 1 aromatic rings. The Labute approximate surface area is 92.2 Å². The van der Waals surface area contributed by atoms with Crippen LogP contribution in [0.2, 0.25) is 5.02 Å². The lowest BCUT2D eigenvalue weighted by molar-refractivity contribution is 0.554. The van der Waals surface area contributed by atoms with Crippen molar-refractivity contribution in [1.82, 2.24) is 0 Å². The van der Waals surface area contributed by atoms with E-state index < -0.39 is 16.7 Å². The van der Waals surface area contributed by atoms with E-state index in [1.807, 2.05) is 13.8 Å². The Kier molecular flexibility index (Phi) is 2.28. The average molecular weight is 232 g/mol. The van der Waals surface area contributed by atoms with E-state index in [2.05, 4.69) is 0 Å². The van der Waals surface area contributed by atoms with E-state index in [0.717, 1.165) is 0 Å². The van der Waals surface area contributed by atoms with Gasteiger partial charge in [0.25, 0.3) is 0 Å². The molecule has 1 nitrogen and oxygen atoms in total. The molecule has 1 saturated carbocycles. The predicted molar refractivity (Wildman–Crippen MR) is 55.9 cm³/mol. The number of rotatable bonds is 1. The topological polar surface area (TPSA) is 26.0 Å². The highest BCUT2D eigenvalue weighted by Gasteiger charge is 2.57. The van der Waals surface area contributed by atoms with Gasteiger partial charge in [-0.25, -0.2) is 8.78 Å². The molecule has 1 aliphatic carbocycles. The second-order valence-electron chi connectivity index (χ2n) is 4.59. The molecular formula is C11H12ClF2N. The van der Waals surface area contributed by atoms with Gasteiger partial charge in [-0.15, -0.1) is 0 Å². The van der Waals surface area contributed by atoms with Crippen molar-refractivity contribution in [1.29, 1.82) is 0 Å². The van der Waals surface area contributed by atoms with Crippen LogP contribution in [-0.4, -0.2) is 6.04 Å². The van der Waals surface area contributed by atoms with Crippen LogP contribution in [0, 0.1) is 17.0 Å². The molecule has 2 unspecified atom stereocenters. The van der Waals surface area contributed by atoms with Gasteiger partial charge < -0.3 is 5.73 Å². The molecule has 2 N–H and O–H groups in total. The second-order valence-corrected chi connectivity index (χ2v) is 4.97. The van der Waals surface area contributed by atoms with Crippen LogP contribution in [0.15, 0.2) is 12.1 Å². The summed E-state index contributed by atoms with van der Waals surface area (Å²) in [6.07, 6.45) is 0. The average Bonchev–Trinajstić information content (AvgIpc) is 2.64. The van der Waals surface area contributed by atoms with E-state index in [1.54, 1.807) is 0 Å². The molecule has 0 aromatic heterocycles. The monoisotopic (exact) mass is 231 g/mol. The Hall–Kier alpha value is -0.670. The van der Waals surface area contributed by atoms with Gasteiger partial charge >= 0.3 is 0 Å². The Bertz CT molecular complexity index is 417. The highest BCUT2D eigenvalue weighted by atomic mass is 35.5. The number of hydrogen-bond acceptors (Lipinski definition) is 1. The van der Waals surface area contributed by atoms with E-state index in [0.29, 0.717) is 5.56 Å². The van der Waals surface area contributed by atoms with Crippen LogP contribution in [0.1, 0.15) is 25.3 Å². The molecule has 0 radical (unpaired) electrons. The molecule has 0 bridgehead atoms. The third-order valence-corrected chi connectivity index (χ3v) is 3.66. The molecule has 0 amide bonds. The Morgan fingerprint density at radius 1 is 1.33 bits per heavy atom. The van der Waals surface area contributed by atoms with Crippen molar-refractivity contribution in [3.8, 4) is 0 Å². The van der Waals surface area contributed by atoms with Crippen LogP contribution in [-0.2, 0) is 0 Å². The van der Waals surface area contributed by atoms with Crippen molar-refractivity contribution in [2.45, 2.75) is 25.8 Å². The van der Waals surface area contributed by atoms with Gasteiger partial charge in [-0.1, -0.05) is 31.5 Å². The molecule has 0 heterocycles. The van der Waals surface area contributed by atoms with Crippen molar-refractivity contribution in [3.63, 3.8) is 0 Å². The first-order valence-corrected chi connectivity index (χ1v) is 5.14. The molecule has 82 valence electrons.